The van der Waals surface area contributed by atoms with Gasteiger partial charge < -0.3 is 39.2 Å². The average molecular weight is 675 g/mol. The van der Waals surface area contributed by atoms with Crippen LogP contribution in [-0.2, 0) is 38.1 Å². The first-order valence-corrected chi connectivity index (χ1v) is 17.0. The zero-order chi connectivity index (χ0) is 34.2. The van der Waals surface area contributed by atoms with E-state index in [1.54, 1.807) is 4.90 Å². The SMILES string of the molecule is N#C/C(=C\c1ccc(F)cc1)C(=O)N1CC(C(=O)NCCOCCOCCOCCOCCOCCNC=O)CC(C2CCCCC2)C1. The molecule has 2 unspecified atom stereocenters. The third-order valence-corrected chi connectivity index (χ3v) is 8.50. The predicted octanol–water partition coefficient (Wildman–Crippen LogP) is 2.72. The Balaban J connectivity index is 1.31. The molecule has 0 aromatic heterocycles. The van der Waals surface area contributed by atoms with Gasteiger partial charge in [-0.1, -0.05) is 44.2 Å². The maximum absolute atomic E-state index is 13.5. The summed E-state index contributed by atoms with van der Waals surface area (Å²) in [6.45, 7) is 5.85. The van der Waals surface area contributed by atoms with E-state index in [-0.39, 0.29) is 29.9 Å². The minimum atomic E-state index is -0.398. The first-order valence-electron chi connectivity index (χ1n) is 17.0. The Kier molecular flexibility index (Phi) is 19.4. The maximum Gasteiger partial charge on any atom is 0.264 e. The van der Waals surface area contributed by atoms with Gasteiger partial charge in [0.15, 0.2) is 0 Å². The van der Waals surface area contributed by atoms with Crippen molar-refractivity contribution in [3.63, 3.8) is 0 Å². The minimum absolute atomic E-state index is 0.0272. The number of amides is 3. The van der Waals surface area contributed by atoms with E-state index in [9.17, 15) is 24.0 Å². The van der Waals surface area contributed by atoms with Crippen molar-refractivity contribution in [2.45, 2.75) is 38.5 Å². The van der Waals surface area contributed by atoms with Crippen LogP contribution in [0.2, 0.25) is 0 Å². The van der Waals surface area contributed by atoms with Crippen LogP contribution in [0.5, 0.6) is 0 Å². The molecule has 3 rings (SSSR count). The lowest BCUT2D eigenvalue weighted by atomic mass is 9.74. The zero-order valence-corrected chi connectivity index (χ0v) is 27.9. The number of piperidine rings is 1. The predicted molar refractivity (Wildman–Crippen MR) is 176 cm³/mol. The van der Waals surface area contributed by atoms with Crippen LogP contribution in [-0.4, -0.2) is 115 Å². The molecule has 1 saturated heterocycles. The van der Waals surface area contributed by atoms with E-state index in [0.717, 1.165) is 25.7 Å². The highest BCUT2D eigenvalue weighted by atomic mass is 19.1. The van der Waals surface area contributed by atoms with Gasteiger partial charge in [0.1, 0.15) is 17.5 Å². The molecule has 2 aliphatic rings. The van der Waals surface area contributed by atoms with Crippen LogP contribution in [0.4, 0.5) is 4.39 Å². The summed E-state index contributed by atoms with van der Waals surface area (Å²) in [6, 6.07) is 7.65. The second-order valence-corrected chi connectivity index (χ2v) is 11.9. The van der Waals surface area contributed by atoms with Gasteiger partial charge in [-0.15, -0.1) is 0 Å². The second kappa shape index (κ2) is 23.8. The van der Waals surface area contributed by atoms with E-state index >= 15 is 0 Å². The molecule has 1 aliphatic heterocycles. The van der Waals surface area contributed by atoms with E-state index < -0.39 is 11.7 Å². The molecule has 1 heterocycles. The zero-order valence-electron chi connectivity index (χ0n) is 27.9. The lowest BCUT2D eigenvalue weighted by Crippen LogP contribution is -2.50. The number of nitrogens with zero attached hydrogens (tertiary/aromatic N) is 2. The highest BCUT2D eigenvalue weighted by molar-refractivity contribution is 6.02. The van der Waals surface area contributed by atoms with Crippen molar-refractivity contribution in [3.05, 3.63) is 41.2 Å². The summed E-state index contributed by atoms with van der Waals surface area (Å²) in [6.07, 6.45) is 8.53. The molecule has 0 radical (unpaired) electrons. The molecule has 0 bridgehead atoms. The van der Waals surface area contributed by atoms with E-state index in [1.807, 2.05) is 6.07 Å². The maximum atomic E-state index is 13.5. The van der Waals surface area contributed by atoms with Crippen LogP contribution >= 0.6 is 0 Å². The van der Waals surface area contributed by atoms with Gasteiger partial charge >= 0.3 is 0 Å². The molecule has 1 aliphatic carbocycles. The lowest BCUT2D eigenvalue weighted by Gasteiger charge is -2.41. The van der Waals surface area contributed by atoms with Gasteiger partial charge in [-0.05, 0) is 42.0 Å². The Hall–Kier alpha value is -3.41. The fourth-order valence-corrected chi connectivity index (χ4v) is 6.04. The van der Waals surface area contributed by atoms with E-state index in [2.05, 4.69) is 10.6 Å². The molecule has 1 aromatic rings. The number of ether oxygens (including phenoxy) is 5. The first kappa shape index (κ1) is 39.0. The van der Waals surface area contributed by atoms with Gasteiger partial charge in [0.2, 0.25) is 12.3 Å². The smallest absolute Gasteiger partial charge is 0.264 e. The summed E-state index contributed by atoms with van der Waals surface area (Å²) in [5.74, 6) is -0.638. The van der Waals surface area contributed by atoms with Crippen molar-refractivity contribution in [2.24, 2.45) is 17.8 Å². The van der Waals surface area contributed by atoms with Crippen molar-refractivity contribution in [3.8, 4) is 6.07 Å². The summed E-state index contributed by atoms with van der Waals surface area (Å²) in [4.78, 5) is 38.5. The van der Waals surface area contributed by atoms with Gasteiger partial charge in [-0.2, -0.15) is 5.26 Å². The molecule has 1 aromatic carbocycles. The topological polar surface area (TPSA) is 148 Å². The van der Waals surface area contributed by atoms with Crippen LogP contribution in [0, 0.1) is 34.9 Å². The normalized spacial score (nSPS) is 18.7. The highest BCUT2D eigenvalue weighted by Gasteiger charge is 2.38. The number of carbonyl (C=O) groups excluding carboxylic acids is 3. The summed E-state index contributed by atoms with van der Waals surface area (Å²) in [5, 5.41) is 15.3. The van der Waals surface area contributed by atoms with Gasteiger partial charge in [-0.25, -0.2) is 4.39 Å². The van der Waals surface area contributed by atoms with Crippen LogP contribution in [0.3, 0.4) is 0 Å². The van der Waals surface area contributed by atoms with E-state index in [1.165, 1.54) is 36.8 Å². The van der Waals surface area contributed by atoms with Gasteiger partial charge in [0.25, 0.3) is 5.91 Å². The molecule has 1 saturated carbocycles. The number of benzene rings is 1. The fraction of sp³-hybridized carbons (Fsp3) is 0.657. The Morgan fingerprint density at radius 1 is 0.812 bits per heavy atom. The molecule has 0 spiro atoms. The molecular formula is C35H51FN4O8. The largest absolute Gasteiger partial charge is 0.377 e. The monoisotopic (exact) mass is 674 g/mol. The van der Waals surface area contributed by atoms with E-state index in [4.69, 9.17) is 23.7 Å². The van der Waals surface area contributed by atoms with Crippen molar-refractivity contribution >= 4 is 24.3 Å². The Labute approximate surface area is 283 Å². The summed E-state index contributed by atoms with van der Waals surface area (Å²) in [5.41, 5.74) is 0.540. The van der Waals surface area contributed by atoms with Gasteiger partial charge in [-0.3, -0.25) is 14.4 Å². The van der Waals surface area contributed by atoms with Crippen LogP contribution in [0.1, 0.15) is 44.1 Å². The Morgan fingerprint density at radius 3 is 1.94 bits per heavy atom. The Morgan fingerprint density at radius 2 is 1.38 bits per heavy atom. The standard InChI is InChI=1S/C35H51FN4O8/c36-33-8-6-28(7-9-33)22-30(24-37)35(43)40-25-31(29-4-2-1-3-5-29)23-32(26-40)34(42)39-11-13-45-15-17-47-19-21-48-20-18-46-16-14-44-12-10-38-27-41/h6-9,22,27,29,31-32H,1-5,10-21,23,25-26H2,(H,38,41)(H,39,42)/b30-22+. The number of hydrogen-bond acceptors (Lipinski definition) is 9. The third kappa shape index (κ3) is 15.2. The molecule has 2 N–H and O–H groups in total. The molecule has 12 nitrogen and oxygen atoms in total. The number of carbonyl (C=O) groups is 3. The quantitative estimate of drug-likeness (QED) is 0.0774. The number of halogens is 1. The molecule has 13 heteroatoms. The number of rotatable bonds is 23. The fourth-order valence-electron chi connectivity index (χ4n) is 6.04. The lowest BCUT2D eigenvalue weighted by molar-refractivity contribution is -0.135. The van der Waals surface area contributed by atoms with Crippen molar-refractivity contribution in [1.82, 2.24) is 15.5 Å². The highest BCUT2D eigenvalue weighted by Crippen LogP contribution is 2.37. The first-order chi connectivity index (χ1) is 23.5. The minimum Gasteiger partial charge on any atom is -0.377 e. The van der Waals surface area contributed by atoms with Crippen molar-refractivity contribution in [2.75, 3.05) is 92.2 Å². The molecular weight excluding hydrogens is 623 g/mol. The Bertz CT molecular complexity index is 1160. The summed E-state index contributed by atoms with van der Waals surface area (Å²) < 4.78 is 40.6. The number of likely N-dealkylation sites (tertiary alicyclic amines) is 1. The molecule has 266 valence electrons. The molecule has 48 heavy (non-hydrogen) atoms. The molecule has 3 amide bonds. The molecule has 2 atom stereocenters. The number of hydrogen-bond donors (Lipinski definition) is 2. The van der Waals surface area contributed by atoms with Gasteiger partial charge in [0.05, 0.1) is 72.0 Å². The van der Waals surface area contributed by atoms with Crippen LogP contribution in [0.25, 0.3) is 6.08 Å². The second-order valence-electron chi connectivity index (χ2n) is 11.9. The van der Waals surface area contributed by atoms with E-state index in [0.29, 0.717) is 110 Å². The third-order valence-electron chi connectivity index (χ3n) is 8.50. The average Bonchev–Trinajstić information content (AvgIpc) is 3.12. The van der Waals surface area contributed by atoms with Crippen molar-refractivity contribution < 1.29 is 42.5 Å². The summed E-state index contributed by atoms with van der Waals surface area (Å²) in [7, 11) is 0. The van der Waals surface area contributed by atoms with Crippen LogP contribution < -0.4 is 10.6 Å². The number of nitriles is 1. The van der Waals surface area contributed by atoms with Crippen molar-refractivity contribution in [1.29, 1.82) is 5.26 Å². The molecule has 2 fully saturated rings. The summed E-state index contributed by atoms with van der Waals surface area (Å²) >= 11 is 0. The van der Waals surface area contributed by atoms with Gasteiger partial charge in [0, 0.05) is 26.2 Å². The van der Waals surface area contributed by atoms with Crippen LogP contribution in [0.15, 0.2) is 29.8 Å². The number of nitrogens with one attached hydrogen (secondary N) is 2.